The summed E-state index contributed by atoms with van der Waals surface area (Å²) >= 11 is 5.91. The first kappa shape index (κ1) is 12.8. The van der Waals surface area contributed by atoms with E-state index in [4.69, 9.17) is 21.6 Å². The molecule has 2 unspecified atom stereocenters. The van der Waals surface area contributed by atoms with E-state index in [2.05, 4.69) is 11.4 Å². The first-order valence-electron chi connectivity index (χ1n) is 6.84. The van der Waals surface area contributed by atoms with Crippen molar-refractivity contribution in [3.8, 4) is 6.07 Å². The Morgan fingerprint density at radius 1 is 1.32 bits per heavy atom. The number of anilines is 1. The minimum atomic E-state index is 0.396. The minimum Gasteiger partial charge on any atom is -0.381 e. The largest absolute Gasteiger partial charge is 0.381 e. The first-order valence-corrected chi connectivity index (χ1v) is 7.22. The van der Waals surface area contributed by atoms with Crippen molar-refractivity contribution in [1.29, 1.82) is 5.26 Å². The van der Waals surface area contributed by atoms with Gasteiger partial charge in [-0.3, -0.25) is 0 Å². The third-order valence-electron chi connectivity index (χ3n) is 3.92. The number of nitrogens with zero attached hydrogens (tertiary/aromatic N) is 1. The van der Waals surface area contributed by atoms with Crippen LogP contribution < -0.4 is 5.32 Å². The Morgan fingerprint density at radius 2 is 2.16 bits per heavy atom. The van der Waals surface area contributed by atoms with E-state index in [1.54, 1.807) is 6.07 Å². The Balaban J connectivity index is 1.68. The summed E-state index contributed by atoms with van der Waals surface area (Å²) in [6.45, 7) is 0.814. The van der Waals surface area contributed by atoms with Gasteiger partial charge >= 0.3 is 0 Å². The highest BCUT2D eigenvalue weighted by Gasteiger charge is 2.35. The van der Waals surface area contributed by atoms with E-state index in [9.17, 15) is 0 Å². The van der Waals surface area contributed by atoms with E-state index < -0.39 is 0 Å². The molecular formula is C15H17ClN2O. The molecule has 1 saturated carbocycles. The fourth-order valence-corrected chi connectivity index (χ4v) is 2.88. The van der Waals surface area contributed by atoms with Gasteiger partial charge in [-0.25, -0.2) is 0 Å². The summed E-state index contributed by atoms with van der Waals surface area (Å²) in [5.74, 6) is 0.769. The van der Waals surface area contributed by atoms with Gasteiger partial charge in [-0.1, -0.05) is 11.6 Å². The molecule has 0 amide bonds. The molecule has 1 heterocycles. The molecule has 2 atom stereocenters. The quantitative estimate of drug-likeness (QED) is 0.918. The van der Waals surface area contributed by atoms with Gasteiger partial charge in [0.1, 0.15) is 6.07 Å². The average Bonchev–Trinajstić information content (AvgIpc) is 3.25. The molecule has 100 valence electrons. The molecule has 0 spiro atoms. The zero-order valence-electron chi connectivity index (χ0n) is 10.7. The van der Waals surface area contributed by atoms with Crippen molar-refractivity contribution < 1.29 is 4.74 Å². The third kappa shape index (κ3) is 3.02. The highest BCUT2D eigenvalue weighted by Crippen LogP contribution is 2.38. The maximum absolute atomic E-state index is 9.15. The van der Waals surface area contributed by atoms with Gasteiger partial charge in [-0.05, 0) is 49.8 Å². The molecule has 1 aliphatic heterocycles. The number of nitrogens with one attached hydrogen (secondary N) is 1. The molecule has 1 aromatic carbocycles. The summed E-state index contributed by atoms with van der Waals surface area (Å²) in [5, 5.41) is 13.2. The lowest BCUT2D eigenvalue weighted by atomic mass is 9.99. The second kappa shape index (κ2) is 5.40. The maximum Gasteiger partial charge on any atom is 0.101 e. The smallest absolute Gasteiger partial charge is 0.101 e. The second-order valence-electron chi connectivity index (χ2n) is 5.41. The molecule has 1 aromatic rings. The van der Waals surface area contributed by atoms with Crippen LogP contribution in [0, 0.1) is 17.2 Å². The SMILES string of the molecule is N#Cc1cc(Cl)ccc1NC1CCOC(C2CC2)C1. The summed E-state index contributed by atoms with van der Waals surface area (Å²) in [4.78, 5) is 0. The summed E-state index contributed by atoms with van der Waals surface area (Å²) in [6, 6.07) is 8.01. The minimum absolute atomic E-state index is 0.396. The molecule has 1 aliphatic carbocycles. The molecule has 3 rings (SSSR count). The van der Waals surface area contributed by atoms with Crippen LogP contribution in [0.2, 0.25) is 5.02 Å². The summed E-state index contributed by atoms with van der Waals surface area (Å²) in [7, 11) is 0. The van der Waals surface area contributed by atoms with E-state index >= 15 is 0 Å². The Morgan fingerprint density at radius 3 is 2.89 bits per heavy atom. The summed E-state index contributed by atoms with van der Waals surface area (Å²) in [5.41, 5.74) is 1.50. The van der Waals surface area contributed by atoms with Crippen molar-refractivity contribution in [3.63, 3.8) is 0 Å². The summed E-state index contributed by atoms with van der Waals surface area (Å²) < 4.78 is 5.82. The fraction of sp³-hybridized carbons (Fsp3) is 0.533. The van der Waals surface area contributed by atoms with E-state index in [1.165, 1.54) is 12.8 Å². The van der Waals surface area contributed by atoms with Crippen molar-refractivity contribution in [2.75, 3.05) is 11.9 Å². The number of hydrogen-bond acceptors (Lipinski definition) is 3. The lowest BCUT2D eigenvalue weighted by Crippen LogP contribution is -2.35. The predicted molar refractivity (Wildman–Crippen MR) is 75.3 cm³/mol. The normalized spacial score (nSPS) is 26.7. The average molecular weight is 277 g/mol. The van der Waals surface area contributed by atoms with Crippen LogP contribution in [-0.4, -0.2) is 18.8 Å². The van der Waals surface area contributed by atoms with Crippen molar-refractivity contribution >= 4 is 17.3 Å². The van der Waals surface area contributed by atoms with Crippen LogP contribution in [0.1, 0.15) is 31.2 Å². The zero-order valence-corrected chi connectivity index (χ0v) is 11.5. The van der Waals surface area contributed by atoms with Crippen molar-refractivity contribution in [2.24, 2.45) is 5.92 Å². The maximum atomic E-state index is 9.15. The highest BCUT2D eigenvalue weighted by atomic mass is 35.5. The van der Waals surface area contributed by atoms with Gasteiger partial charge in [-0.15, -0.1) is 0 Å². The molecule has 0 aromatic heterocycles. The van der Waals surface area contributed by atoms with Gasteiger partial charge in [0, 0.05) is 17.7 Å². The van der Waals surface area contributed by atoms with Crippen LogP contribution in [-0.2, 0) is 4.74 Å². The van der Waals surface area contributed by atoms with Crippen LogP contribution in [0.25, 0.3) is 0 Å². The Hall–Kier alpha value is -1.24. The van der Waals surface area contributed by atoms with Gasteiger partial charge in [0.25, 0.3) is 0 Å². The zero-order chi connectivity index (χ0) is 13.2. The molecule has 1 N–H and O–H groups in total. The molecule has 3 nitrogen and oxygen atoms in total. The molecule has 0 radical (unpaired) electrons. The summed E-state index contributed by atoms with van der Waals surface area (Å²) in [6.07, 6.45) is 5.06. The highest BCUT2D eigenvalue weighted by molar-refractivity contribution is 6.30. The van der Waals surface area contributed by atoms with E-state index in [1.807, 2.05) is 12.1 Å². The van der Waals surface area contributed by atoms with Crippen LogP contribution in [0.5, 0.6) is 0 Å². The Labute approximate surface area is 118 Å². The van der Waals surface area contributed by atoms with Gasteiger partial charge < -0.3 is 10.1 Å². The van der Waals surface area contributed by atoms with E-state index in [0.29, 0.717) is 22.7 Å². The van der Waals surface area contributed by atoms with Crippen molar-refractivity contribution in [3.05, 3.63) is 28.8 Å². The number of halogens is 1. The third-order valence-corrected chi connectivity index (χ3v) is 4.16. The van der Waals surface area contributed by atoms with Gasteiger partial charge in [0.15, 0.2) is 0 Å². The molecule has 2 fully saturated rings. The number of benzene rings is 1. The first-order chi connectivity index (χ1) is 9.26. The number of hydrogen-bond donors (Lipinski definition) is 1. The van der Waals surface area contributed by atoms with Crippen LogP contribution in [0.3, 0.4) is 0 Å². The predicted octanol–water partition coefficient (Wildman–Crippen LogP) is 3.58. The van der Waals surface area contributed by atoms with E-state index in [-0.39, 0.29) is 0 Å². The Bertz CT molecular complexity index is 507. The number of ether oxygens (including phenoxy) is 1. The van der Waals surface area contributed by atoms with Crippen molar-refractivity contribution in [2.45, 2.75) is 37.8 Å². The monoisotopic (exact) mass is 276 g/mol. The lowest BCUT2D eigenvalue weighted by Gasteiger charge is -2.31. The Kier molecular flexibility index (Phi) is 3.63. The molecule has 1 saturated heterocycles. The molecule has 2 aliphatic rings. The molecule has 0 bridgehead atoms. The standard InChI is InChI=1S/C15H17ClN2O/c16-12-3-4-14(11(7-12)9-17)18-13-5-6-19-15(8-13)10-1-2-10/h3-4,7,10,13,15,18H,1-2,5-6,8H2. The van der Waals surface area contributed by atoms with Crippen molar-refractivity contribution in [1.82, 2.24) is 0 Å². The van der Waals surface area contributed by atoms with Gasteiger partial charge in [0.05, 0.1) is 17.4 Å². The number of rotatable bonds is 3. The van der Waals surface area contributed by atoms with Crippen LogP contribution in [0.15, 0.2) is 18.2 Å². The van der Waals surface area contributed by atoms with Crippen LogP contribution >= 0.6 is 11.6 Å². The number of nitriles is 1. The topological polar surface area (TPSA) is 45.0 Å². The molecule has 4 heteroatoms. The fourth-order valence-electron chi connectivity index (χ4n) is 2.71. The van der Waals surface area contributed by atoms with Crippen LogP contribution in [0.4, 0.5) is 5.69 Å². The molecule has 19 heavy (non-hydrogen) atoms. The lowest BCUT2D eigenvalue weighted by molar-refractivity contribution is -0.00218. The van der Waals surface area contributed by atoms with Gasteiger partial charge in [-0.2, -0.15) is 5.26 Å². The molecular weight excluding hydrogens is 260 g/mol. The second-order valence-corrected chi connectivity index (χ2v) is 5.85. The van der Waals surface area contributed by atoms with E-state index in [0.717, 1.165) is 31.1 Å². The van der Waals surface area contributed by atoms with Gasteiger partial charge in [0.2, 0.25) is 0 Å².